The zero-order valence-electron chi connectivity index (χ0n) is 17.7. The maximum atomic E-state index is 13.5. The molecule has 0 aromatic carbocycles. The van der Waals surface area contributed by atoms with E-state index in [1.165, 1.54) is 18.6 Å². The SMILES string of the molecule is COCCN1CC[C@@]2(CN(C(=O)c3cnccn3)C[C@H]2c2cn(C(C)C)cn2)C1=O. The Hall–Kier alpha value is -2.81. The molecule has 0 unspecified atom stereocenters. The van der Waals surface area contributed by atoms with Crippen LogP contribution in [0.5, 0.6) is 0 Å². The molecule has 160 valence electrons. The highest BCUT2D eigenvalue weighted by Crippen LogP contribution is 2.49. The molecule has 9 heteroatoms. The van der Waals surface area contributed by atoms with Crippen molar-refractivity contribution in [2.24, 2.45) is 5.41 Å². The van der Waals surface area contributed by atoms with Crippen molar-refractivity contribution < 1.29 is 14.3 Å². The number of rotatable bonds is 6. The van der Waals surface area contributed by atoms with Crippen molar-refractivity contribution in [3.8, 4) is 0 Å². The number of nitrogens with zero attached hydrogens (tertiary/aromatic N) is 6. The molecule has 2 aromatic heterocycles. The Balaban J connectivity index is 1.66. The molecule has 2 aliphatic rings. The second-order valence-electron chi connectivity index (χ2n) is 8.36. The van der Waals surface area contributed by atoms with E-state index in [4.69, 9.17) is 4.74 Å². The first-order valence-corrected chi connectivity index (χ1v) is 10.3. The van der Waals surface area contributed by atoms with E-state index in [0.29, 0.717) is 44.9 Å². The molecule has 9 nitrogen and oxygen atoms in total. The van der Waals surface area contributed by atoms with E-state index in [0.717, 1.165) is 5.69 Å². The predicted octanol–water partition coefficient (Wildman–Crippen LogP) is 1.36. The third-order valence-electron chi connectivity index (χ3n) is 6.29. The monoisotopic (exact) mass is 412 g/mol. The summed E-state index contributed by atoms with van der Waals surface area (Å²) in [6, 6.07) is 0.276. The molecule has 0 radical (unpaired) electrons. The molecule has 2 fully saturated rings. The third-order valence-corrected chi connectivity index (χ3v) is 6.29. The fraction of sp³-hybridized carbons (Fsp3) is 0.571. The standard InChI is InChI=1S/C21H28N6O3/c1-15(2)27-12-18(24-14-27)16-11-26(19(28)17-10-22-5-6-23-17)13-21(16)4-7-25(20(21)29)8-9-30-3/h5-6,10,12,14-16H,4,7-9,11,13H2,1-3H3/t16-,21-/m0/s1. The fourth-order valence-corrected chi connectivity index (χ4v) is 4.57. The van der Waals surface area contributed by atoms with Crippen LogP contribution in [0.1, 0.15) is 48.4 Å². The minimum atomic E-state index is -0.665. The lowest BCUT2D eigenvalue weighted by Gasteiger charge is -2.27. The molecule has 2 atom stereocenters. The Bertz CT molecular complexity index is 914. The van der Waals surface area contributed by atoms with Gasteiger partial charge in [-0.15, -0.1) is 0 Å². The van der Waals surface area contributed by atoms with E-state index in [9.17, 15) is 9.59 Å². The summed E-state index contributed by atoms with van der Waals surface area (Å²) < 4.78 is 7.21. The second-order valence-corrected chi connectivity index (χ2v) is 8.36. The molecule has 30 heavy (non-hydrogen) atoms. The van der Waals surface area contributed by atoms with Gasteiger partial charge in [-0.2, -0.15) is 0 Å². The van der Waals surface area contributed by atoms with Gasteiger partial charge >= 0.3 is 0 Å². The first-order chi connectivity index (χ1) is 14.5. The van der Waals surface area contributed by atoms with Gasteiger partial charge in [-0.25, -0.2) is 9.97 Å². The van der Waals surface area contributed by atoms with Gasteiger partial charge in [0.1, 0.15) is 5.69 Å². The summed E-state index contributed by atoms with van der Waals surface area (Å²) in [5.41, 5.74) is 0.490. The van der Waals surface area contributed by atoms with Crippen LogP contribution in [0.2, 0.25) is 0 Å². The highest BCUT2D eigenvalue weighted by atomic mass is 16.5. The number of ether oxygens (including phenoxy) is 1. The van der Waals surface area contributed by atoms with Crippen LogP contribution >= 0.6 is 0 Å². The number of likely N-dealkylation sites (tertiary alicyclic amines) is 2. The van der Waals surface area contributed by atoms with Gasteiger partial charge in [0, 0.05) is 63.8 Å². The highest BCUT2D eigenvalue weighted by Gasteiger charge is 2.58. The molecule has 2 amide bonds. The van der Waals surface area contributed by atoms with Gasteiger partial charge in [-0.1, -0.05) is 0 Å². The number of hydrogen-bond acceptors (Lipinski definition) is 6. The van der Waals surface area contributed by atoms with Crippen LogP contribution in [0.25, 0.3) is 0 Å². The Morgan fingerprint density at radius 2 is 2.17 bits per heavy atom. The number of amides is 2. The molecule has 0 saturated carbocycles. The van der Waals surface area contributed by atoms with Crippen LogP contribution < -0.4 is 0 Å². The van der Waals surface area contributed by atoms with E-state index in [1.807, 2.05) is 22.0 Å². The van der Waals surface area contributed by atoms with E-state index >= 15 is 0 Å². The molecule has 2 saturated heterocycles. The average molecular weight is 412 g/mol. The molecule has 0 aliphatic carbocycles. The quantitative estimate of drug-likeness (QED) is 0.711. The third kappa shape index (κ3) is 3.47. The Morgan fingerprint density at radius 1 is 1.33 bits per heavy atom. The van der Waals surface area contributed by atoms with Gasteiger partial charge in [-0.05, 0) is 20.3 Å². The summed E-state index contributed by atoms with van der Waals surface area (Å²) in [6.45, 7) is 6.70. The van der Waals surface area contributed by atoms with Crippen LogP contribution in [-0.4, -0.2) is 81.0 Å². The number of hydrogen-bond donors (Lipinski definition) is 0. The van der Waals surface area contributed by atoms with Crippen LogP contribution in [0, 0.1) is 5.41 Å². The van der Waals surface area contributed by atoms with Crippen molar-refractivity contribution in [1.82, 2.24) is 29.3 Å². The lowest BCUT2D eigenvalue weighted by Crippen LogP contribution is -2.41. The lowest BCUT2D eigenvalue weighted by molar-refractivity contribution is -0.136. The minimum absolute atomic E-state index is 0.0816. The van der Waals surface area contributed by atoms with Gasteiger partial charge < -0.3 is 19.1 Å². The number of carbonyl (C=O) groups excluding carboxylic acids is 2. The van der Waals surface area contributed by atoms with Crippen molar-refractivity contribution in [2.75, 3.05) is 39.9 Å². The number of aromatic nitrogens is 4. The lowest BCUT2D eigenvalue weighted by atomic mass is 9.75. The number of carbonyl (C=O) groups is 2. The number of methoxy groups -OCH3 is 1. The van der Waals surface area contributed by atoms with E-state index < -0.39 is 5.41 Å². The van der Waals surface area contributed by atoms with Gasteiger partial charge in [0.05, 0.1) is 30.2 Å². The zero-order chi connectivity index (χ0) is 21.3. The number of imidazole rings is 1. The Labute approximate surface area is 176 Å². The average Bonchev–Trinajstić information content (AvgIpc) is 3.46. The van der Waals surface area contributed by atoms with Gasteiger partial charge in [0.2, 0.25) is 5.91 Å². The largest absolute Gasteiger partial charge is 0.383 e. The second kappa shape index (κ2) is 8.14. The highest BCUT2D eigenvalue weighted by molar-refractivity contribution is 5.94. The summed E-state index contributed by atoms with van der Waals surface area (Å²) in [7, 11) is 1.63. The van der Waals surface area contributed by atoms with Crippen LogP contribution in [-0.2, 0) is 9.53 Å². The molecular weight excluding hydrogens is 384 g/mol. The molecule has 0 N–H and O–H groups in total. The summed E-state index contributed by atoms with van der Waals surface area (Å²) in [6.07, 6.45) is 9.03. The van der Waals surface area contributed by atoms with Gasteiger partial charge in [-0.3, -0.25) is 14.6 Å². The van der Waals surface area contributed by atoms with Crippen LogP contribution in [0.3, 0.4) is 0 Å². The topological polar surface area (TPSA) is 93.4 Å². The fourth-order valence-electron chi connectivity index (χ4n) is 4.57. The molecule has 1 spiro atoms. The van der Waals surface area contributed by atoms with E-state index in [2.05, 4.69) is 28.8 Å². The summed E-state index contributed by atoms with van der Waals surface area (Å²) >= 11 is 0. The first-order valence-electron chi connectivity index (χ1n) is 10.3. The van der Waals surface area contributed by atoms with E-state index in [1.54, 1.807) is 12.0 Å². The van der Waals surface area contributed by atoms with Crippen molar-refractivity contribution in [1.29, 1.82) is 0 Å². The van der Waals surface area contributed by atoms with Gasteiger partial charge in [0.15, 0.2) is 0 Å². The summed E-state index contributed by atoms with van der Waals surface area (Å²) in [4.78, 5) is 43.0. The Kier molecular flexibility index (Phi) is 5.55. The maximum Gasteiger partial charge on any atom is 0.274 e. The predicted molar refractivity (Wildman–Crippen MR) is 109 cm³/mol. The smallest absolute Gasteiger partial charge is 0.274 e. The van der Waals surface area contributed by atoms with Crippen molar-refractivity contribution in [3.63, 3.8) is 0 Å². The molecule has 0 bridgehead atoms. The van der Waals surface area contributed by atoms with E-state index in [-0.39, 0.29) is 23.8 Å². The summed E-state index contributed by atoms with van der Waals surface area (Å²) in [5.74, 6) is -0.271. The normalized spacial score (nSPS) is 23.9. The van der Waals surface area contributed by atoms with Crippen LogP contribution in [0.4, 0.5) is 0 Å². The van der Waals surface area contributed by atoms with Crippen molar-refractivity contribution in [2.45, 2.75) is 32.2 Å². The summed E-state index contributed by atoms with van der Waals surface area (Å²) in [5, 5.41) is 0. The molecular formula is C21H28N6O3. The molecule has 4 rings (SSSR count). The molecule has 2 aromatic rings. The molecule has 4 heterocycles. The van der Waals surface area contributed by atoms with Gasteiger partial charge in [0.25, 0.3) is 5.91 Å². The first kappa shape index (κ1) is 20.5. The molecule has 2 aliphatic heterocycles. The Morgan fingerprint density at radius 3 is 2.83 bits per heavy atom. The van der Waals surface area contributed by atoms with Crippen molar-refractivity contribution >= 4 is 11.8 Å². The zero-order valence-corrected chi connectivity index (χ0v) is 17.7. The van der Waals surface area contributed by atoms with Crippen LogP contribution in [0.15, 0.2) is 31.1 Å². The minimum Gasteiger partial charge on any atom is -0.383 e. The maximum absolute atomic E-state index is 13.5. The van der Waals surface area contributed by atoms with Crippen molar-refractivity contribution in [3.05, 3.63) is 42.5 Å².